The Hall–Kier alpha value is -12.7. The van der Waals surface area contributed by atoms with Crippen molar-refractivity contribution in [2.24, 2.45) is 11.7 Å². The first-order valence-electron chi connectivity index (χ1n) is 33.0. The van der Waals surface area contributed by atoms with Crippen LogP contribution in [0, 0.1) is 55.7 Å². The Morgan fingerprint density at radius 3 is 0.796 bits per heavy atom. The summed E-state index contributed by atoms with van der Waals surface area (Å²) in [6.07, 6.45) is 0. The molecule has 108 heavy (non-hydrogen) atoms. The Morgan fingerprint density at radius 2 is 0.537 bits per heavy atom. The third-order valence-electron chi connectivity index (χ3n) is 18.8. The van der Waals surface area contributed by atoms with Gasteiger partial charge in [0.05, 0.1) is 54.6 Å². The van der Waals surface area contributed by atoms with E-state index in [-0.39, 0.29) is 110 Å². The van der Waals surface area contributed by atoms with Crippen LogP contribution in [0.1, 0.15) is 6.92 Å². The predicted molar refractivity (Wildman–Crippen MR) is 430 cm³/mol. The number of rotatable bonds is 9. The number of aliphatic hydroxyl groups excluding tert-OH is 1. The number of nitrogens with zero attached hydrogens (tertiary/aromatic N) is 5. The second kappa shape index (κ2) is 32.3. The van der Waals surface area contributed by atoms with Crippen molar-refractivity contribution in [1.29, 1.82) is 0 Å². The zero-order chi connectivity index (χ0) is 71.3. The molecule has 0 unspecified atom stereocenters. The molecule has 0 aliphatic heterocycles. The zero-order valence-corrected chi connectivity index (χ0v) is 60.6. The summed E-state index contributed by atoms with van der Waals surface area (Å²) < 4.78 is 73.0. The van der Waals surface area contributed by atoms with Gasteiger partial charge in [0.2, 0.25) is 0 Å². The second-order valence-corrected chi connectivity index (χ2v) is 24.6. The van der Waals surface area contributed by atoms with Crippen LogP contribution in [0.15, 0.2) is 291 Å². The molecular formula is C89H73F4N8O6Ru-2. The van der Waals surface area contributed by atoms with Crippen molar-refractivity contribution in [3.63, 3.8) is 0 Å². The predicted octanol–water partition coefficient (Wildman–Crippen LogP) is 21.2. The number of benzene rings is 14. The largest absolute Gasteiger partial charge is 1.00 e. The molecule has 18 rings (SSSR count). The number of nitrogens with two attached hydrogens (primary N) is 3. The molecule has 0 saturated carbocycles. The van der Waals surface area contributed by atoms with Crippen LogP contribution in [0.4, 0.5) is 28.9 Å². The number of phenolic OH excluding ortho intramolecular Hbond substituents is 2. The molecule has 543 valence electrons. The first-order chi connectivity index (χ1) is 50.3. The molecule has 14 aromatic carbocycles. The summed E-state index contributed by atoms with van der Waals surface area (Å²) in [6.45, 7) is 1.93. The van der Waals surface area contributed by atoms with E-state index in [0.29, 0.717) is 28.3 Å². The number of fused-ring (bicyclic) bond motifs is 12. The Bertz CT molecular complexity index is 6010. The van der Waals surface area contributed by atoms with Crippen LogP contribution < -0.4 is 17.4 Å². The normalized spacial score (nSPS) is 10.8. The second-order valence-electron chi connectivity index (χ2n) is 24.6. The van der Waals surface area contributed by atoms with E-state index in [4.69, 9.17) is 10.8 Å². The van der Waals surface area contributed by atoms with E-state index in [1.165, 1.54) is 30.3 Å². The Labute approximate surface area is 632 Å². The van der Waals surface area contributed by atoms with Crippen molar-refractivity contribution < 1.29 is 62.8 Å². The fourth-order valence-corrected chi connectivity index (χ4v) is 14.4. The van der Waals surface area contributed by atoms with E-state index in [1.54, 1.807) is 49.4 Å². The van der Waals surface area contributed by atoms with Gasteiger partial charge in [-0.05, 0) is 146 Å². The van der Waals surface area contributed by atoms with Crippen LogP contribution in [0.25, 0.3) is 154 Å². The molecule has 0 aliphatic rings. The van der Waals surface area contributed by atoms with Crippen molar-refractivity contribution >= 4 is 98.6 Å². The van der Waals surface area contributed by atoms with Crippen molar-refractivity contribution in [1.82, 2.24) is 18.3 Å². The summed E-state index contributed by atoms with van der Waals surface area (Å²) in [7, 11) is 0. The van der Waals surface area contributed by atoms with Crippen LogP contribution in [0.5, 0.6) is 11.5 Å². The number of para-hydroxylation sites is 8. The van der Waals surface area contributed by atoms with Gasteiger partial charge in [-0.3, -0.25) is 21.8 Å². The van der Waals surface area contributed by atoms with Gasteiger partial charge < -0.3 is 67.1 Å². The van der Waals surface area contributed by atoms with Crippen LogP contribution in [0.3, 0.4) is 0 Å². The van der Waals surface area contributed by atoms with Crippen molar-refractivity contribution in [3.05, 3.63) is 347 Å². The SMILES string of the molecule is CCO.NN.Nc1ccc(-n2c3ccccc3c3ccccc32)cc1-c1cc(F)c(-c2cc(-n3c4ccccc4c4ccccc43)ccc2O)cc1F.O.O=[N+]([O-])c1ccc(-n2c3ccccc3c3ccccc32)cc1-c1cc(F)c(-c2cc(-n3c4ccccc4c4ccccc43)ccc2O)cc1F.[CH3-].[CH3-].[CH3-].[Ru+]. The van der Waals surface area contributed by atoms with E-state index < -0.39 is 28.2 Å². The van der Waals surface area contributed by atoms with Gasteiger partial charge in [-0.25, -0.2) is 17.6 Å². The van der Waals surface area contributed by atoms with Gasteiger partial charge in [0, 0.05) is 123 Å². The number of hydrogen-bond acceptors (Lipinski definition) is 8. The minimum absolute atomic E-state index is 0. The Kier molecular flexibility index (Phi) is 23.3. The van der Waals surface area contributed by atoms with Gasteiger partial charge >= 0.3 is 19.5 Å². The van der Waals surface area contributed by atoms with E-state index in [1.807, 2.05) is 185 Å². The van der Waals surface area contributed by atoms with Crippen LogP contribution >= 0.6 is 0 Å². The summed E-state index contributed by atoms with van der Waals surface area (Å²) in [6, 6.07) is 87.6. The summed E-state index contributed by atoms with van der Waals surface area (Å²) in [5.41, 5.74) is 16.7. The van der Waals surface area contributed by atoms with Crippen LogP contribution in [-0.2, 0) is 19.5 Å². The third kappa shape index (κ3) is 13.4. The van der Waals surface area contributed by atoms with Crippen molar-refractivity contribution in [2.75, 3.05) is 12.3 Å². The summed E-state index contributed by atoms with van der Waals surface area (Å²) >= 11 is 0. The number of aromatic nitrogens is 4. The summed E-state index contributed by atoms with van der Waals surface area (Å²) in [4.78, 5) is 11.6. The molecule has 11 N–H and O–H groups in total. The number of hydrogen-bond donors (Lipinski definition) is 6. The summed E-state index contributed by atoms with van der Waals surface area (Å²) in [5, 5.41) is 50.1. The Morgan fingerprint density at radius 1 is 0.333 bits per heavy atom. The van der Waals surface area contributed by atoms with Crippen LogP contribution in [0.2, 0.25) is 0 Å². The van der Waals surface area contributed by atoms with Gasteiger partial charge in [-0.2, -0.15) is 0 Å². The van der Waals surface area contributed by atoms with Gasteiger partial charge in [-0.1, -0.05) is 146 Å². The minimum Gasteiger partial charge on any atom is -0.507 e. The standard InChI is InChI=1S/C42H25F2N3O3.C42H27F2N3O.C2H6O.3CH3.H4N2.H2O.Ru/c43-35-24-32(34-22-26(18-20-42(34)48)46-39-15-7-3-11-29(39)30-12-4-8-16-40(30)46)36(44)23-31(35)33-21-25(17-19-41(33)47(49)50)45-37-13-5-1-9-27(37)28-10-2-6-14-38(28)45;43-35-24-32(34-22-26(18-20-42(34)48)47-40-15-7-3-11-29(40)30-12-4-8-16-41(30)47)36(44)23-31(35)33-21-25(17-19-37(33)45)46-38-13-5-1-9-27(38)28-10-2-6-14-39(28)46;1-2-3;;;;1-2;;/h1-24,48H;1-24,48H,45H2;3H,2H2,1H3;3*1H3;1-2H2;1H2;/q;;;3*-1;;;+1. The number of phenols is 2. The average Bonchev–Trinajstić information content (AvgIpc) is 1.55. The van der Waals surface area contributed by atoms with E-state index in [9.17, 15) is 20.3 Å². The smallest absolute Gasteiger partial charge is 0.507 e. The zero-order valence-electron chi connectivity index (χ0n) is 58.9. The number of hydrazine groups is 1. The quantitative estimate of drug-likeness (QED) is 0.0154. The van der Waals surface area contributed by atoms with Gasteiger partial charge in [0.15, 0.2) is 0 Å². The molecule has 4 heterocycles. The fourth-order valence-electron chi connectivity index (χ4n) is 14.4. The number of nitro benzene ring substituents is 1. The summed E-state index contributed by atoms with van der Waals surface area (Å²) in [5.74, 6) is 4.57. The van der Waals surface area contributed by atoms with Gasteiger partial charge in [0.1, 0.15) is 34.8 Å². The fraction of sp³-hybridized carbons (Fsp3) is 0.0225. The first-order valence-corrected chi connectivity index (χ1v) is 33.0. The molecule has 1 radical (unpaired) electrons. The molecule has 0 spiro atoms. The molecule has 0 aliphatic carbocycles. The maximum Gasteiger partial charge on any atom is 1.00 e. The van der Waals surface area contributed by atoms with E-state index in [2.05, 4.69) is 45.1 Å². The van der Waals surface area contributed by atoms with Crippen molar-refractivity contribution in [3.8, 4) is 78.8 Å². The number of nitrogen functional groups attached to an aromatic ring is 1. The van der Waals surface area contributed by atoms with E-state index >= 15 is 17.6 Å². The Balaban J connectivity index is 0.000000209. The minimum atomic E-state index is -0.870. The molecule has 18 aromatic rings. The molecule has 19 heteroatoms. The molecule has 0 bridgehead atoms. The van der Waals surface area contributed by atoms with Crippen LogP contribution in [-0.4, -0.2) is 50.6 Å². The topological polar surface area (TPSA) is 233 Å². The number of nitro groups is 1. The number of aromatic hydroxyl groups is 2. The monoisotopic (exact) mass is 1530 g/mol. The molecule has 0 saturated heterocycles. The first kappa shape index (κ1) is 77.9. The molecule has 14 nitrogen and oxygen atoms in total. The molecule has 0 fully saturated rings. The molecule has 4 aromatic heterocycles. The van der Waals surface area contributed by atoms with Crippen molar-refractivity contribution in [2.45, 2.75) is 6.92 Å². The third-order valence-corrected chi connectivity index (χ3v) is 18.8. The average molecular weight is 1530 g/mol. The molecule has 0 amide bonds. The number of halogens is 4. The molecular weight excluding hydrogens is 1450 g/mol. The maximum atomic E-state index is 16.3. The van der Waals surface area contributed by atoms with Gasteiger partial charge in [-0.15, -0.1) is 0 Å². The number of anilines is 1. The van der Waals surface area contributed by atoms with Gasteiger partial charge in [0.25, 0.3) is 5.69 Å². The maximum absolute atomic E-state index is 16.3. The molecule has 0 atom stereocenters. The van der Waals surface area contributed by atoms with E-state index in [0.717, 1.165) is 111 Å². The number of aliphatic hydroxyl groups is 1.